The van der Waals surface area contributed by atoms with Crippen molar-refractivity contribution in [1.82, 2.24) is 4.98 Å². The Morgan fingerprint density at radius 1 is 0.700 bits per heavy atom. The number of hydrogen-bond acceptors (Lipinski definition) is 1. The van der Waals surface area contributed by atoms with Crippen LogP contribution in [0.25, 0.3) is 21.8 Å². The SMILES string of the molecule is CC(C)C(Cc1cccc2cc3cccc(CP(C(C)C)C(C)C)c3nc12)C(C)C. The van der Waals surface area contributed by atoms with Crippen molar-refractivity contribution in [3.8, 4) is 0 Å². The molecule has 0 saturated carbocycles. The molecule has 0 aliphatic carbocycles. The first kappa shape index (κ1) is 23.2. The molecule has 162 valence electrons. The highest BCUT2D eigenvalue weighted by Gasteiger charge is 2.21. The zero-order chi connectivity index (χ0) is 22.0. The molecule has 0 amide bonds. The fourth-order valence-corrected chi connectivity index (χ4v) is 7.52. The van der Waals surface area contributed by atoms with Gasteiger partial charge in [0.1, 0.15) is 0 Å². The van der Waals surface area contributed by atoms with Crippen molar-refractivity contribution in [2.24, 2.45) is 17.8 Å². The third kappa shape index (κ3) is 5.05. The van der Waals surface area contributed by atoms with E-state index in [0.717, 1.165) is 17.7 Å². The molecule has 2 aromatic carbocycles. The Morgan fingerprint density at radius 3 is 1.70 bits per heavy atom. The predicted molar refractivity (Wildman–Crippen MR) is 137 cm³/mol. The van der Waals surface area contributed by atoms with Crippen molar-refractivity contribution < 1.29 is 0 Å². The van der Waals surface area contributed by atoms with Gasteiger partial charge in [0.05, 0.1) is 11.0 Å². The molecule has 2 heteroatoms. The molecule has 30 heavy (non-hydrogen) atoms. The molecule has 0 saturated heterocycles. The fourth-order valence-electron chi connectivity index (χ4n) is 4.95. The molecule has 0 fully saturated rings. The minimum absolute atomic E-state index is 0.0502. The number of benzene rings is 2. The molecule has 1 aromatic heterocycles. The van der Waals surface area contributed by atoms with Crippen molar-refractivity contribution >= 4 is 29.7 Å². The monoisotopic (exact) mass is 421 g/mol. The normalized spacial score (nSPS) is 12.7. The van der Waals surface area contributed by atoms with Crippen molar-refractivity contribution in [3.63, 3.8) is 0 Å². The number of pyridine rings is 1. The topological polar surface area (TPSA) is 12.9 Å². The van der Waals surface area contributed by atoms with Gasteiger partial charge in [0, 0.05) is 10.8 Å². The molecule has 1 nitrogen and oxygen atoms in total. The fraction of sp³-hybridized carbons (Fsp3) is 0.536. The summed E-state index contributed by atoms with van der Waals surface area (Å²) in [6, 6.07) is 15.9. The summed E-state index contributed by atoms with van der Waals surface area (Å²) < 4.78 is 0. The van der Waals surface area contributed by atoms with Crippen LogP contribution in [0, 0.1) is 17.8 Å². The van der Waals surface area contributed by atoms with Crippen LogP contribution in [-0.2, 0) is 12.6 Å². The van der Waals surface area contributed by atoms with Gasteiger partial charge in [0.2, 0.25) is 0 Å². The highest BCUT2D eigenvalue weighted by atomic mass is 31.1. The van der Waals surface area contributed by atoms with Gasteiger partial charge in [-0.3, -0.25) is 0 Å². The van der Waals surface area contributed by atoms with E-state index in [0.29, 0.717) is 17.8 Å². The quantitative estimate of drug-likeness (QED) is 0.262. The van der Waals surface area contributed by atoms with Crippen molar-refractivity contribution in [1.29, 1.82) is 0 Å². The number of nitrogens with zero attached hydrogens (tertiary/aromatic N) is 1. The number of rotatable bonds is 8. The molecule has 0 spiro atoms. The van der Waals surface area contributed by atoms with Crippen molar-refractivity contribution in [2.75, 3.05) is 0 Å². The van der Waals surface area contributed by atoms with Crippen molar-refractivity contribution in [3.05, 3.63) is 53.6 Å². The molecule has 3 aromatic rings. The van der Waals surface area contributed by atoms with Gasteiger partial charge in [0.25, 0.3) is 0 Å². The largest absolute Gasteiger partial charge is 0.247 e. The average Bonchev–Trinajstić information content (AvgIpc) is 2.67. The lowest BCUT2D eigenvalue weighted by molar-refractivity contribution is 0.287. The van der Waals surface area contributed by atoms with Gasteiger partial charge in [-0.25, -0.2) is 4.98 Å². The lowest BCUT2D eigenvalue weighted by Gasteiger charge is -2.26. The van der Waals surface area contributed by atoms with Crippen LogP contribution >= 0.6 is 7.92 Å². The molecule has 0 aliphatic heterocycles. The number of aromatic nitrogens is 1. The van der Waals surface area contributed by atoms with E-state index >= 15 is 0 Å². The molecule has 0 N–H and O–H groups in total. The molecule has 1 heterocycles. The summed E-state index contributed by atoms with van der Waals surface area (Å²) in [5.41, 5.74) is 6.75. The van der Waals surface area contributed by atoms with Gasteiger partial charge in [-0.1, -0.05) is 99.7 Å². The summed E-state index contributed by atoms with van der Waals surface area (Å²) in [6.07, 6.45) is 2.28. The summed E-state index contributed by atoms with van der Waals surface area (Å²) in [7, 11) is -0.0502. The zero-order valence-corrected chi connectivity index (χ0v) is 21.1. The van der Waals surface area contributed by atoms with Crippen LogP contribution in [0.4, 0.5) is 0 Å². The van der Waals surface area contributed by atoms with Crippen LogP contribution in [0.2, 0.25) is 0 Å². The summed E-state index contributed by atoms with van der Waals surface area (Å²) in [6.45, 7) is 19.0. The minimum atomic E-state index is -0.0502. The molecular formula is C28H40NP. The standard InChI is InChI=1S/C28H40NP/c1-18(2)26(19(3)4)16-24-13-9-11-22-15-23-12-10-14-25(28(23)29-27(22)24)17-30(20(5)6)21(7)8/h9-15,18-21,26H,16-17H2,1-8H3. The highest BCUT2D eigenvalue weighted by molar-refractivity contribution is 7.58. The second kappa shape index (κ2) is 9.78. The van der Waals surface area contributed by atoms with Crippen molar-refractivity contribution in [2.45, 2.75) is 79.3 Å². The van der Waals surface area contributed by atoms with Gasteiger partial charge in [-0.05, 0) is 58.8 Å². The van der Waals surface area contributed by atoms with E-state index in [4.69, 9.17) is 4.98 Å². The summed E-state index contributed by atoms with van der Waals surface area (Å²) >= 11 is 0. The predicted octanol–water partition coefficient (Wildman–Crippen LogP) is 8.66. The lowest BCUT2D eigenvalue weighted by atomic mass is 9.80. The maximum atomic E-state index is 5.33. The smallest absolute Gasteiger partial charge is 0.0745 e. The second-order valence-corrected chi connectivity index (χ2v) is 13.6. The van der Waals surface area contributed by atoms with E-state index in [2.05, 4.69) is 97.9 Å². The number of para-hydroxylation sites is 2. The van der Waals surface area contributed by atoms with Gasteiger partial charge in [-0.2, -0.15) is 0 Å². The van der Waals surface area contributed by atoms with Crippen LogP contribution in [-0.4, -0.2) is 16.3 Å². The molecule has 3 rings (SSSR count). The molecule has 0 atom stereocenters. The van der Waals surface area contributed by atoms with Gasteiger partial charge in [-0.15, -0.1) is 0 Å². The number of fused-ring (bicyclic) bond motifs is 2. The molecule has 0 radical (unpaired) electrons. The minimum Gasteiger partial charge on any atom is -0.247 e. The first-order valence-electron chi connectivity index (χ1n) is 11.7. The van der Waals surface area contributed by atoms with Gasteiger partial charge >= 0.3 is 0 Å². The highest BCUT2D eigenvalue weighted by Crippen LogP contribution is 2.49. The maximum Gasteiger partial charge on any atom is 0.0745 e. The Kier molecular flexibility index (Phi) is 7.56. The maximum absolute atomic E-state index is 5.33. The van der Waals surface area contributed by atoms with Crippen LogP contribution in [0.5, 0.6) is 0 Å². The van der Waals surface area contributed by atoms with E-state index in [9.17, 15) is 0 Å². The molecule has 0 unspecified atom stereocenters. The van der Waals surface area contributed by atoms with Gasteiger partial charge < -0.3 is 0 Å². The van der Waals surface area contributed by atoms with Gasteiger partial charge in [0.15, 0.2) is 0 Å². The molecule has 0 aliphatic rings. The average molecular weight is 422 g/mol. The zero-order valence-electron chi connectivity index (χ0n) is 20.2. The van der Waals surface area contributed by atoms with E-state index < -0.39 is 0 Å². The second-order valence-electron chi connectivity index (χ2n) is 10.2. The Balaban J connectivity index is 2.11. The summed E-state index contributed by atoms with van der Waals surface area (Å²) in [4.78, 5) is 5.33. The first-order valence-corrected chi connectivity index (χ1v) is 13.4. The van der Waals surface area contributed by atoms with E-state index in [1.165, 1.54) is 39.1 Å². The third-order valence-corrected chi connectivity index (χ3v) is 10.0. The summed E-state index contributed by atoms with van der Waals surface area (Å²) in [5, 5.41) is 2.56. The lowest BCUT2D eigenvalue weighted by Crippen LogP contribution is -2.18. The van der Waals surface area contributed by atoms with Crippen LogP contribution in [0.3, 0.4) is 0 Å². The molecule has 0 bridgehead atoms. The third-order valence-electron chi connectivity index (χ3n) is 6.68. The van der Waals surface area contributed by atoms with E-state index in [-0.39, 0.29) is 7.92 Å². The van der Waals surface area contributed by atoms with Crippen LogP contribution in [0.15, 0.2) is 42.5 Å². The first-order chi connectivity index (χ1) is 14.2. The Bertz CT molecular complexity index is 894. The van der Waals surface area contributed by atoms with E-state index in [1.54, 1.807) is 0 Å². The Hall–Kier alpha value is -1.46. The Morgan fingerprint density at radius 2 is 1.20 bits per heavy atom. The Labute approximate surface area is 185 Å². The van der Waals surface area contributed by atoms with Crippen LogP contribution < -0.4 is 0 Å². The number of hydrogen-bond donors (Lipinski definition) is 0. The van der Waals surface area contributed by atoms with Crippen LogP contribution in [0.1, 0.15) is 66.5 Å². The van der Waals surface area contributed by atoms with E-state index in [1.807, 2.05) is 0 Å². The summed E-state index contributed by atoms with van der Waals surface area (Å²) in [5.74, 6) is 2.03. The molecular weight excluding hydrogens is 381 g/mol.